The van der Waals surface area contributed by atoms with E-state index in [2.05, 4.69) is 10.6 Å². The van der Waals surface area contributed by atoms with Gasteiger partial charge >= 0.3 is 12.1 Å². The number of anilines is 3. The number of benzene rings is 3. The van der Waals surface area contributed by atoms with Gasteiger partial charge in [-0.1, -0.05) is 30.7 Å². The highest BCUT2D eigenvalue weighted by atomic mass is 35.5. The Balaban J connectivity index is 1.46. The molecule has 3 aromatic carbocycles. The lowest BCUT2D eigenvalue weighted by Gasteiger charge is -2.16. The quantitative estimate of drug-likeness (QED) is 0.255. The lowest BCUT2D eigenvalue weighted by atomic mass is 10.1. The Morgan fingerprint density at radius 2 is 1.60 bits per heavy atom. The van der Waals surface area contributed by atoms with E-state index in [0.29, 0.717) is 12.1 Å². The van der Waals surface area contributed by atoms with Crippen molar-refractivity contribution in [3.8, 4) is 0 Å². The van der Waals surface area contributed by atoms with Gasteiger partial charge in [0.25, 0.3) is 17.7 Å². The van der Waals surface area contributed by atoms with Gasteiger partial charge in [0.15, 0.2) is 0 Å². The van der Waals surface area contributed by atoms with Crippen molar-refractivity contribution in [3.05, 3.63) is 100 Å². The predicted octanol–water partition coefficient (Wildman–Crippen LogP) is 5.96. The predicted molar refractivity (Wildman–Crippen MR) is 142 cm³/mol. The topological polar surface area (TPSA) is 105 Å². The zero-order chi connectivity index (χ0) is 29.0. The molecule has 3 amide bonds. The Hall–Kier alpha value is -4.64. The van der Waals surface area contributed by atoms with Crippen LogP contribution >= 0.6 is 11.6 Å². The molecule has 0 unspecified atom stereocenters. The number of amides is 3. The van der Waals surface area contributed by atoms with E-state index < -0.39 is 35.4 Å². The second-order valence-electron chi connectivity index (χ2n) is 8.56. The number of nitrogens with one attached hydrogen (secondary N) is 2. The molecule has 0 atom stereocenters. The van der Waals surface area contributed by atoms with Crippen LogP contribution in [0.25, 0.3) is 0 Å². The van der Waals surface area contributed by atoms with Crippen molar-refractivity contribution < 1.29 is 37.1 Å². The average Bonchev–Trinajstić information content (AvgIpc) is 3.14. The molecule has 0 fully saturated rings. The summed E-state index contributed by atoms with van der Waals surface area (Å²) >= 11 is 6.18. The number of nitrogens with zero attached hydrogens (tertiary/aromatic N) is 1. The molecule has 1 aliphatic heterocycles. The SMILES string of the molecule is CCCOC(=O)c1cccc(N2C(=O)C(Cl)=C(Nc3ccc(C(=O)Nc4cccc(C(F)(F)F)c4)cc3)C2=O)c1. The van der Waals surface area contributed by atoms with Crippen LogP contribution in [-0.4, -0.2) is 30.3 Å². The highest BCUT2D eigenvalue weighted by Gasteiger charge is 2.39. The summed E-state index contributed by atoms with van der Waals surface area (Å²) in [5, 5.41) is 4.79. The number of carbonyl (C=O) groups excluding carboxylic acids is 4. The molecular weight excluding hydrogens is 551 g/mol. The van der Waals surface area contributed by atoms with E-state index in [9.17, 15) is 32.3 Å². The fourth-order valence-electron chi connectivity index (χ4n) is 3.72. The molecule has 0 aromatic heterocycles. The summed E-state index contributed by atoms with van der Waals surface area (Å²) in [5.74, 6) is -2.82. The van der Waals surface area contributed by atoms with Gasteiger partial charge in [-0.05, 0) is 67.1 Å². The summed E-state index contributed by atoms with van der Waals surface area (Å²) in [4.78, 5) is 51.5. The third kappa shape index (κ3) is 6.15. The summed E-state index contributed by atoms with van der Waals surface area (Å²) in [5.41, 5.74) is -0.430. The van der Waals surface area contributed by atoms with E-state index in [-0.39, 0.29) is 39.8 Å². The minimum Gasteiger partial charge on any atom is -0.462 e. The molecule has 0 radical (unpaired) electrons. The van der Waals surface area contributed by atoms with Gasteiger partial charge in [-0.2, -0.15) is 13.2 Å². The number of carbonyl (C=O) groups is 4. The molecular formula is C28H21ClF3N3O5. The van der Waals surface area contributed by atoms with Crippen molar-refractivity contribution in [2.45, 2.75) is 19.5 Å². The second-order valence-corrected chi connectivity index (χ2v) is 8.93. The third-order valence-corrected chi connectivity index (χ3v) is 6.02. The van der Waals surface area contributed by atoms with Gasteiger partial charge in [0.1, 0.15) is 10.7 Å². The van der Waals surface area contributed by atoms with Gasteiger partial charge in [0, 0.05) is 16.9 Å². The summed E-state index contributed by atoms with van der Waals surface area (Å²) in [6.07, 6.45) is -3.92. The fourth-order valence-corrected chi connectivity index (χ4v) is 3.93. The largest absolute Gasteiger partial charge is 0.462 e. The molecule has 206 valence electrons. The normalized spacial score (nSPS) is 13.5. The van der Waals surface area contributed by atoms with E-state index in [4.69, 9.17) is 16.3 Å². The molecule has 12 heteroatoms. The maximum absolute atomic E-state index is 13.1. The van der Waals surface area contributed by atoms with Crippen LogP contribution in [0.4, 0.5) is 30.2 Å². The highest BCUT2D eigenvalue weighted by molar-refractivity contribution is 6.53. The standard InChI is InChI=1S/C28H21ClF3N3O5/c1-2-13-40-27(39)17-5-3-8-21(14-17)35-25(37)22(29)23(26(35)38)33-19-11-9-16(10-12-19)24(36)34-20-7-4-6-18(15-20)28(30,31)32/h3-12,14-15,33H,2,13H2,1H3,(H,34,36). The number of rotatable bonds is 8. The number of alkyl halides is 3. The van der Waals surface area contributed by atoms with E-state index in [1.54, 1.807) is 0 Å². The summed E-state index contributed by atoms with van der Waals surface area (Å²) in [7, 11) is 0. The first-order chi connectivity index (χ1) is 19.0. The van der Waals surface area contributed by atoms with Crippen molar-refractivity contribution in [3.63, 3.8) is 0 Å². The number of hydrogen-bond acceptors (Lipinski definition) is 6. The number of esters is 1. The zero-order valence-electron chi connectivity index (χ0n) is 20.8. The first-order valence-electron chi connectivity index (χ1n) is 11.9. The van der Waals surface area contributed by atoms with Crippen LogP contribution in [0.15, 0.2) is 83.5 Å². The van der Waals surface area contributed by atoms with Gasteiger partial charge in [0.2, 0.25) is 0 Å². The van der Waals surface area contributed by atoms with Crippen molar-refractivity contribution in [2.24, 2.45) is 0 Å². The fraction of sp³-hybridized carbons (Fsp3) is 0.143. The van der Waals surface area contributed by atoms with Gasteiger partial charge in [-0.3, -0.25) is 14.4 Å². The van der Waals surface area contributed by atoms with Crippen LogP contribution in [0.2, 0.25) is 0 Å². The Morgan fingerprint density at radius 3 is 2.27 bits per heavy atom. The Bertz CT molecular complexity index is 1520. The number of imide groups is 1. The number of hydrogen-bond donors (Lipinski definition) is 2. The van der Waals surface area contributed by atoms with Crippen molar-refractivity contribution in [2.75, 3.05) is 22.1 Å². The van der Waals surface area contributed by atoms with Crippen LogP contribution in [-0.2, 0) is 20.5 Å². The maximum Gasteiger partial charge on any atom is 0.416 e. The lowest BCUT2D eigenvalue weighted by molar-refractivity contribution is -0.137. The molecule has 40 heavy (non-hydrogen) atoms. The van der Waals surface area contributed by atoms with Crippen molar-refractivity contribution in [1.29, 1.82) is 0 Å². The molecule has 0 bridgehead atoms. The van der Waals surface area contributed by atoms with Gasteiger partial charge in [-0.15, -0.1) is 0 Å². The minimum atomic E-state index is -4.55. The first kappa shape index (κ1) is 28.4. The Kier molecular flexibility index (Phi) is 8.24. The summed E-state index contributed by atoms with van der Waals surface area (Å²) in [6.45, 7) is 2.06. The minimum absolute atomic E-state index is 0.0307. The average molecular weight is 572 g/mol. The third-order valence-electron chi connectivity index (χ3n) is 5.67. The summed E-state index contributed by atoms with van der Waals surface area (Å²) < 4.78 is 43.9. The Labute approximate surface area is 231 Å². The van der Waals surface area contributed by atoms with Gasteiger partial charge < -0.3 is 15.4 Å². The van der Waals surface area contributed by atoms with Crippen molar-refractivity contribution >= 4 is 52.4 Å². The maximum atomic E-state index is 13.1. The molecule has 1 aliphatic rings. The van der Waals surface area contributed by atoms with Gasteiger partial charge in [0.05, 0.1) is 23.4 Å². The van der Waals surface area contributed by atoms with Crippen LogP contribution in [0.5, 0.6) is 0 Å². The molecule has 4 rings (SSSR count). The number of halogens is 4. The van der Waals surface area contributed by atoms with Gasteiger partial charge in [-0.25, -0.2) is 9.69 Å². The van der Waals surface area contributed by atoms with Crippen LogP contribution < -0.4 is 15.5 Å². The Morgan fingerprint density at radius 1 is 0.900 bits per heavy atom. The molecule has 1 heterocycles. The molecule has 3 aromatic rings. The molecule has 0 spiro atoms. The molecule has 0 aliphatic carbocycles. The molecule has 8 nitrogen and oxygen atoms in total. The van der Waals surface area contributed by atoms with Crippen LogP contribution in [0.3, 0.4) is 0 Å². The lowest BCUT2D eigenvalue weighted by Crippen LogP contribution is -2.32. The smallest absolute Gasteiger partial charge is 0.416 e. The molecule has 0 saturated heterocycles. The van der Waals surface area contributed by atoms with E-state index in [0.717, 1.165) is 17.0 Å². The monoisotopic (exact) mass is 571 g/mol. The molecule has 2 N–H and O–H groups in total. The van der Waals surface area contributed by atoms with E-state index >= 15 is 0 Å². The first-order valence-corrected chi connectivity index (χ1v) is 12.3. The zero-order valence-corrected chi connectivity index (χ0v) is 21.6. The highest BCUT2D eigenvalue weighted by Crippen LogP contribution is 2.32. The van der Waals surface area contributed by atoms with E-state index in [1.165, 1.54) is 60.7 Å². The van der Waals surface area contributed by atoms with Crippen LogP contribution in [0, 0.1) is 0 Å². The van der Waals surface area contributed by atoms with Crippen LogP contribution in [0.1, 0.15) is 39.6 Å². The summed E-state index contributed by atoms with van der Waals surface area (Å²) in [6, 6.07) is 15.7. The number of ether oxygens (including phenoxy) is 1. The molecule has 0 saturated carbocycles. The van der Waals surface area contributed by atoms with E-state index in [1.807, 2.05) is 6.92 Å². The second kappa shape index (κ2) is 11.6. The van der Waals surface area contributed by atoms with Crippen molar-refractivity contribution in [1.82, 2.24) is 0 Å².